The molecular weight excluding hydrogens is 284 g/mol. The summed E-state index contributed by atoms with van der Waals surface area (Å²) in [5.74, 6) is -1.76. The van der Waals surface area contributed by atoms with Gasteiger partial charge in [-0.15, -0.1) is 0 Å². The number of hydrogen-bond acceptors (Lipinski definition) is 5. The molecule has 0 amide bonds. The van der Waals surface area contributed by atoms with Crippen LogP contribution < -0.4 is 0 Å². The van der Waals surface area contributed by atoms with Crippen LogP contribution in [0.4, 0.5) is 0 Å². The zero-order valence-corrected chi connectivity index (χ0v) is 13.3. The van der Waals surface area contributed by atoms with E-state index in [0.717, 1.165) is 5.56 Å². The van der Waals surface area contributed by atoms with Gasteiger partial charge in [-0.1, -0.05) is 30.3 Å². The van der Waals surface area contributed by atoms with E-state index in [4.69, 9.17) is 14.2 Å². The van der Waals surface area contributed by atoms with Crippen molar-refractivity contribution in [2.24, 2.45) is 0 Å². The van der Waals surface area contributed by atoms with E-state index in [1.165, 1.54) is 0 Å². The van der Waals surface area contributed by atoms with E-state index in [0.29, 0.717) is 12.8 Å². The van der Waals surface area contributed by atoms with Gasteiger partial charge in [0.15, 0.2) is 0 Å². The van der Waals surface area contributed by atoms with Crippen molar-refractivity contribution in [2.45, 2.75) is 51.4 Å². The third kappa shape index (κ3) is 5.48. The van der Waals surface area contributed by atoms with Gasteiger partial charge in [-0.3, -0.25) is 4.79 Å². The first-order chi connectivity index (χ1) is 10.3. The van der Waals surface area contributed by atoms with Crippen LogP contribution in [0.3, 0.4) is 0 Å². The van der Waals surface area contributed by atoms with E-state index in [1.807, 2.05) is 30.3 Å². The summed E-state index contributed by atoms with van der Waals surface area (Å²) in [4.78, 5) is 23.5. The first kappa shape index (κ1) is 16.5. The lowest BCUT2D eigenvalue weighted by Crippen LogP contribution is -2.31. The zero-order chi connectivity index (χ0) is 16.2. The Morgan fingerprint density at radius 2 is 1.73 bits per heavy atom. The second-order valence-electron chi connectivity index (χ2n) is 6.42. The van der Waals surface area contributed by atoms with Gasteiger partial charge in [0.05, 0.1) is 6.42 Å². The number of carbonyl (C=O) groups excluding carboxylic acids is 2. The number of esters is 2. The summed E-state index contributed by atoms with van der Waals surface area (Å²) in [5, 5.41) is 0. The Labute approximate surface area is 130 Å². The molecule has 120 valence electrons. The molecule has 0 spiro atoms. The molecule has 0 radical (unpaired) electrons. The van der Waals surface area contributed by atoms with Crippen LogP contribution >= 0.6 is 0 Å². The van der Waals surface area contributed by atoms with Gasteiger partial charge in [-0.2, -0.15) is 0 Å². The Bertz CT molecular complexity index is 526. The molecule has 0 aliphatic heterocycles. The number of carbonyl (C=O) groups is 2. The van der Waals surface area contributed by atoms with Crippen molar-refractivity contribution < 1.29 is 23.8 Å². The normalized spacial score (nSPS) is 16.0. The predicted octanol–water partition coefficient (Wildman–Crippen LogP) is 2.62. The van der Waals surface area contributed by atoms with Gasteiger partial charge >= 0.3 is 11.9 Å². The SMILES string of the molecule is CC(C)(C)OC(=O)COC1(OC(=O)Cc2ccccc2)CC1. The summed E-state index contributed by atoms with van der Waals surface area (Å²) >= 11 is 0. The fourth-order valence-electron chi connectivity index (χ4n) is 1.95. The van der Waals surface area contributed by atoms with Crippen molar-refractivity contribution in [3.63, 3.8) is 0 Å². The topological polar surface area (TPSA) is 61.8 Å². The molecule has 0 bridgehead atoms. The molecule has 22 heavy (non-hydrogen) atoms. The summed E-state index contributed by atoms with van der Waals surface area (Å²) in [7, 11) is 0. The van der Waals surface area contributed by atoms with Crippen LogP contribution in [0.25, 0.3) is 0 Å². The van der Waals surface area contributed by atoms with E-state index in [1.54, 1.807) is 20.8 Å². The molecule has 0 heterocycles. The van der Waals surface area contributed by atoms with E-state index < -0.39 is 17.4 Å². The number of rotatable bonds is 6. The Balaban J connectivity index is 1.77. The molecule has 2 rings (SSSR count). The van der Waals surface area contributed by atoms with Crippen molar-refractivity contribution in [1.82, 2.24) is 0 Å². The second kappa shape index (κ2) is 6.48. The van der Waals surface area contributed by atoms with Crippen LogP contribution in [-0.4, -0.2) is 29.9 Å². The average Bonchev–Trinajstić information content (AvgIpc) is 3.16. The fraction of sp³-hybridized carbons (Fsp3) is 0.529. The average molecular weight is 306 g/mol. The number of ether oxygens (including phenoxy) is 3. The van der Waals surface area contributed by atoms with Crippen LogP contribution in [0.5, 0.6) is 0 Å². The van der Waals surface area contributed by atoms with Gasteiger partial charge in [0, 0.05) is 12.8 Å². The van der Waals surface area contributed by atoms with Crippen molar-refractivity contribution in [2.75, 3.05) is 6.61 Å². The standard InChI is InChI=1S/C17H22O5/c1-16(2,3)21-15(19)12-20-17(9-10-17)22-14(18)11-13-7-5-4-6-8-13/h4-8H,9-12H2,1-3H3. The predicted molar refractivity (Wildman–Crippen MR) is 80.0 cm³/mol. The van der Waals surface area contributed by atoms with Gasteiger partial charge in [0.25, 0.3) is 0 Å². The molecule has 0 unspecified atom stereocenters. The molecule has 1 aliphatic carbocycles. The summed E-state index contributed by atoms with van der Waals surface area (Å²) < 4.78 is 16.0. The molecule has 1 aliphatic rings. The Morgan fingerprint density at radius 3 is 2.27 bits per heavy atom. The number of benzene rings is 1. The summed E-state index contributed by atoms with van der Waals surface area (Å²) in [6.45, 7) is 5.16. The Kier molecular flexibility index (Phi) is 4.86. The van der Waals surface area contributed by atoms with Crippen LogP contribution in [0, 0.1) is 0 Å². The highest BCUT2D eigenvalue weighted by Crippen LogP contribution is 2.41. The second-order valence-corrected chi connectivity index (χ2v) is 6.42. The van der Waals surface area contributed by atoms with Crippen molar-refractivity contribution in [3.8, 4) is 0 Å². The minimum absolute atomic E-state index is 0.193. The smallest absolute Gasteiger partial charge is 0.332 e. The summed E-state index contributed by atoms with van der Waals surface area (Å²) in [6, 6.07) is 9.36. The molecule has 5 heteroatoms. The van der Waals surface area contributed by atoms with E-state index in [9.17, 15) is 9.59 Å². The lowest BCUT2D eigenvalue weighted by Gasteiger charge is -2.21. The molecule has 1 aromatic rings. The minimum atomic E-state index is -0.942. The molecule has 5 nitrogen and oxygen atoms in total. The quantitative estimate of drug-likeness (QED) is 0.597. The van der Waals surface area contributed by atoms with Crippen molar-refractivity contribution in [1.29, 1.82) is 0 Å². The first-order valence-corrected chi connectivity index (χ1v) is 7.40. The van der Waals surface area contributed by atoms with E-state index in [-0.39, 0.29) is 19.0 Å². The Hall–Kier alpha value is -1.88. The Morgan fingerprint density at radius 1 is 1.09 bits per heavy atom. The van der Waals surface area contributed by atoms with E-state index >= 15 is 0 Å². The molecule has 0 saturated heterocycles. The van der Waals surface area contributed by atoms with E-state index in [2.05, 4.69) is 0 Å². The maximum Gasteiger partial charge on any atom is 0.332 e. The van der Waals surface area contributed by atoms with Gasteiger partial charge in [-0.05, 0) is 26.3 Å². The zero-order valence-electron chi connectivity index (χ0n) is 13.3. The largest absolute Gasteiger partial charge is 0.458 e. The number of hydrogen-bond donors (Lipinski definition) is 0. The van der Waals surface area contributed by atoms with Gasteiger partial charge in [0.2, 0.25) is 5.79 Å². The van der Waals surface area contributed by atoms with Gasteiger partial charge < -0.3 is 14.2 Å². The van der Waals surface area contributed by atoms with Gasteiger partial charge in [0.1, 0.15) is 12.2 Å². The highest BCUT2D eigenvalue weighted by Gasteiger charge is 2.49. The lowest BCUT2D eigenvalue weighted by atomic mass is 10.2. The third-order valence-electron chi connectivity index (χ3n) is 3.02. The molecule has 0 atom stereocenters. The van der Waals surface area contributed by atoms with Crippen LogP contribution in [0.15, 0.2) is 30.3 Å². The summed E-state index contributed by atoms with van der Waals surface area (Å²) in [5.41, 5.74) is 0.330. The highest BCUT2D eigenvalue weighted by atomic mass is 16.7. The molecule has 0 aromatic heterocycles. The lowest BCUT2D eigenvalue weighted by molar-refractivity contribution is -0.199. The molecular formula is C17H22O5. The fourth-order valence-corrected chi connectivity index (χ4v) is 1.95. The highest BCUT2D eigenvalue weighted by molar-refractivity contribution is 5.73. The van der Waals surface area contributed by atoms with Gasteiger partial charge in [-0.25, -0.2) is 4.79 Å². The molecule has 1 saturated carbocycles. The van der Waals surface area contributed by atoms with Crippen molar-refractivity contribution >= 4 is 11.9 Å². The van der Waals surface area contributed by atoms with Crippen LogP contribution in [0.2, 0.25) is 0 Å². The molecule has 1 aromatic carbocycles. The first-order valence-electron chi connectivity index (χ1n) is 7.40. The summed E-state index contributed by atoms with van der Waals surface area (Å²) in [6.07, 6.45) is 1.41. The maximum absolute atomic E-state index is 11.9. The molecule has 0 N–H and O–H groups in total. The third-order valence-corrected chi connectivity index (χ3v) is 3.02. The maximum atomic E-state index is 11.9. The van der Waals surface area contributed by atoms with Crippen LogP contribution in [-0.2, 0) is 30.2 Å². The minimum Gasteiger partial charge on any atom is -0.458 e. The van der Waals surface area contributed by atoms with Crippen molar-refractivity contribution in [3.05, 3.63) is 35.9 Å². The van der Waals surface area contributed by atoms with Crippen LogP contribution in [0.1, 0.15) is 39.2 Å². The monoisotopic (exact) mass is 306 g/mol. The molecule has 1 fully saturated rings.